The van der Waals surface area contributed by atoms with Crippen LogP contribution in [-0.2, 0) is 0 Å². The maximum Gasteiger partial charge on any atom is 0.114 e. The number of para-hydroxylation sites is 1. The highest BCUT2D eigenvalue weighted by molar-refractivity contribution is 5.93. The molecule has 4 aromatic carbocycles. The fourth-order valence-electron chi connectivity index (χ4n) is 4.60. The molecule has 1 atom stereocenters. The highest BCUT2D eigenvalue weighted by Crippen LogP contribution is 2.33. The van der Waals surface area contributed by atoms with Crippen molar-refractivity contribution in [1.82, 2.24) is 9.97 Å². The van der Waals surface area contributed by atoms with Gasteiger partial charge in [-0.3, -0.25) is 0 Å². The Morgan fingerprint density at radius 3 is 2.19 bits per heavy atom. The van der Waals surface area contributed by atoms with Crippen molar-refractivity contribution in [3.8, 4) is 22.3 Å². The number of benzene rings is 4. The van der Waals surface area contributed by atoms with Gasteiger partial charge in [-0.1, -0.05) is 91.3 Å². The second-order valence-electron chi connectivity index (χ2n) is 8.80. The maximum atomic E-state index is 5.06. The van der Waals surface area contributed by atoms with E-state index in [0.29, 0.717) is 0 Å². The first-order valence-corrected chi connectivity index (χ1v) is 11.2. The lowest BCUT2D eigenvalue weighted by atomic mass is 9.94. The normalized spacial score (nSPS) is 12.2. The molecule has 5 rings (SSSR count). The summed E-state index contributed by atoms with van der Waals surface area (Å²) in [6, 6.07) is 30.4. The van der Waals surface area contributed by atoms with Gasteiger partial charge in [-0.2, -0.15) is 0 Å². The van der Waals surface area contributed by atoms with Gasteiger partial charge in [-0.05, 0) is 60.2 Å². The Balaban J connectivity index is 1.49. The van der Waals surface area contributed by atoms with E-state index < -0.39 is 0 Å². The molecule has 2 nitrogen and oxygen atoms in total. The minimum atomic E-state index is 0.181. The molecular formula is C30H28N2. The van der Waals surface area contributed by atoms with E-state index in [9.17, 15) is 0 Å². The molecule has 32 heavy (non-hydrogen) atoms. The van der Waals surface area contributed by atoms with Gasteiger partial charge in [0.25, 0.3) is 0 Å². The highest BCUT2D eigenvalue weighted by atomic mass is 14.9. The van der Waals surface area contributed by atoms with Crippen LogP contribution in [0.15, 0.2) is 84.9 Å². The second kappa shape index (κ2) is 8.12. The van der Waals surface area contributed by atoms with Crippen LogP contribution in [-0.4, -0.2) is 9.97 Å². The summed E-state index contributed by atoms with van der Waals surface area (Å²) >= 11 is 0. The average Bonchev–Trinajstić information content (AvgIpc) is 3.24. The number of nitrogens with zero attached hydrogens (tertiary/aromatic N) is 1. The van der Waals surface area contributed by atoms with Gasteiger partial charge >= 0.3 is 0 Å². The number of imidazole rings is 1. The fraction of sp³-hybridized carbons (Fsp3) is 0.167. The van der Waals surface area contributed by atoms with Crippen LogP contribution >= 0.6 is 0 Å². The van der Waals surface area contributed by atoms with Crippen molar-refractivity contribution >= 4 is 11.0 Å². The van der Waals surface area contributed by atoms with Gasteiger partial charge in [-0.25, -0.2) is 4.98 Å². The van der Waals surface area contributed by atoms with Crippen molar-refractivity contribution in [2.24, 2.45) is 0 Å². The molecule has 0 radical (unpaired) electrons. The lowest BCUT2D eigenvalue weighted by Crippen LogP contribution is -1.98. The first kappa shape index (κ1) is 20.3. The molecule has 0 fully saturated rings. The zero-order chi connectivity index (χ0) is 22.2. The molecule has 1 aromatic heterocycles. The van der Waals surface area contributed by atoms with Crippen LogP contribution in [0.1, 0.15) is 40.9 Å². The van der Waals surface area contributed by atoms with Gasteiger partial charge in [0.1, 0.15) is 5.82 Å². The lowest BCUT2D eigenvalue weighted by Gasteiger charge is -2.12. The largest absolute Gasteiger partial charge is 0.341 e. The Kier molecular flexibility index (Phi) is 5.14. The minimum Gasteiger partial charge on any atom is -0.341 e. The first-order chi connectivity index (χ1) is 15.5. The molecule has 1 heterocycles. The number of nitrogens with one attached hydrogen (secondary N) is 1. The Morgan fingerprint density at radius 2 is 1.44 bits per heavy atom. The average molecular weight is 417 g/mol. The Morgan fingerprint density at radius 1 is 0.688 bits per heavy atom. The van der Waals surface area contributed by atoms with Crippen LogP contribution in [0.4, 0.5) is 0 Å². The topological polar surface area (TPSA) is 28.7 Å². The molecule has 0 aliphatic rings. The van der Waals surface area contributed by atoms with Crippen LogP contribution in [0, 0.1) is 20.8 Å². The summed E-state index contributed by atoms with van der Waals surface area (Å²) in [6.45, 7) is 8.69. The fourth-order valence-corrected chi connectivity index (χ4v) is 4.60. The number of aromatic amines is 1. The van der Waals surface area contributed by atoms with Crippen LogP contribution in [0.3, 0.4) is 0 Å². The van der Waals surface area contributed by atoms with Gasteiger partial charge < -0.3 is 4.98 Å². The zero-order valence-corrected chi connectivity index (χ0v) is 19.1. The second-order valence-corrected chi connectivity index (χ2v) is 8.80. The van der Waals surface area contributed by atoms with Gasteiger partial charge in [0, 0.05) is 11.5 Å². The smallest absolute Gasteiger partial charge is 0.114 e. The van der Waals surface area contributed by atoms with E-state index in [1.54, 1.807) is 0 Å². The molecule has 0 aliphatic heterocycles. The maximum absolute atomic E-state index is 5.06. The molecule has 0 aliphatic carbocycles. The van der Waals surface area contributed by atoms with E-state index in [4.69, 9.17) is 4.98 Å². The van der Waals surface area contributed by atoms with Gasteiger partial charge in [-0.15, -0.1) is 0 Å². The molecular weight excluding hydrogens is 388 g/mol. The van der Waals surface area contributed by atoms with Crippen molar-refractivity contribution in [2.45, 2.75) is 33.6 Å². The number of rotatable bonds is 4. The summed E-state index contributed by atoms with van der Waals surface area (Å²) < 4.78 is 0. The molecule has 1 unspecified atom stereocenters. The lowest BCUT2D eigenvalue weighted by molar-refractivity contribution is 0.846. The monoisotopic (exact) mass is 416 g/mol. The summed E-state index contributed by atoms with van der Waals surface area (Å²) in [5, 5.41) is 0. The van der Waals surface area contributed by atoms with Crippen molar-refractivity contribution in [3.05, 3.63) is 113 Å². The van der Waals surface area contributed by atoms with Crippen molar-refractivity contribution in [1.29, 1.82) is 0 Å². The molecule has 0 amide bonds. The highest BCUT2D eigenvalue weighted by Gasteiger charge is 2.16. The molecule has 0 spiro atoms. The Bertz CT molecular complexity index is 1410. The third-order valence-electron chi connectivity index (χ3n) is 6.48. The predicted molar refractivity (Wildman–Crippen MR) is 135 cm³/mol. The molecule has 0 bridgehead atoms. The molecule has 5 aromatic rings. The van der Waals surface area contributed by atoms with E-state index >= 15 is 0 Å². The minimum absolute atomic E-state index is 0.181. The Labute approximate surface area is 190 Å². The van der Waals surface area contributed by atoms with E-state index in [-0.39, 0.29) is 5.92 Å². The summed E-state index contributed by atoms with van der Waals surface area (Å²) in [4.78, 5) is 8.63. The van der Waals surface area contributed by atoms with Gasteiger partial charge in [0.15, 0.2) is 0 Å². The van der Waals surface area contributed by atoms with E-state index in [1.807, 2.05) is 0 Å². The van der Waals surface area contributed by atoms with Crippen LogP contribution < -0.4 is 0 Å². The molecule has 1 N–H and O–H groups in total. The number of aromatic nitrogens is 2. The Hall–Kier alpha value is -3.65. The van der Waals surface area contributed by atoms with E-state index in [0.717, 1.165) is 16.9 Å². The zero-order valence-electron chi connectivity index (χ0n) is 19.1. The number of hydrogen-bond donors (Lipinski definition) is 1. The van der Waals surface area contributed by atoms with E-state index in [2.05, 4.69) is 118 Å². The summed E-state index contributed by atoms with van der Waals surface area (Å²) in [5.74, 6) is 1.18. The van der Waals surface area contributed by atoms with Crippen LogP contribution in [0.2, 0.25) is 0 Å². The standard InChI is InChI=1S/C30H28N2/c1-19-12-17-25(21(3)18-19)24-15-13-23(14-16-24)22(4)30-31-28-11-7-10-27(29(28)32-30)26-9-6-5-8-20(26)2/h5-18,22H,1-4H3,(H,31,32). The summed E-state index contributed by atoms with van der Waals surface area (Å²) in [6.07, 6.45) is 0. The third kappa shape index (κ3) is 3.62. The number of aryl methyl sites for hydroxylation is 3. The third-order valence-corrected chi connectivity index (χ3v) is 6.48. The SMILES string of the molecule is Cc1ccc(-c2ccc(C(C)c3nc4c(-c5ccccc5C)cccc4[nH]3)cc2)c(C)c1. The molecule has 0 saturated heterocycles. The predicted octanol–water partition coefficient (Wildman–Crippen LogP) is 7.97. The van der Waals surface area contributed by atoms with Crippen molar-refractivity contribution in [3.63, 3.8) is 0 Å². The summed E-state index contributed by atoms with van der Waals surface area (Å²) in [5.41, 5.74) is 12.2. The van der Waals surface area contributed by atoms with Crippen molar-refractivity contribution in [2.75, 3.05) is 0 Å². The molecule has 158 valence electrons. The quantitative estimate of drug-likeness (QED) is 0.316. The van der Waals surface area contributed by atoms with Crippen LogP contribution in [0.5, 0.6) is 0 Å². The van der Waals surface area contributed by atoms with Crippen molar-refractivity contribution < 1.29 is 0 Å². The number of hydrogen-bond acceptors (Lipinski definition) is 1. The summed E-state index contributed by atoms with van der Waals surface area (Å²) in [7, 11) is 0. The number of fused-ring (bicyclic) bond motifs is 1. The van der Waals surface area contributed by atoms with Crippen LogP contribution in [0.25, 0.3) is 33.3 Å². The first-order valence-electron chi connectivity index (χ1n) is 11.2. The number of H-pyrrole nitrogens is 1. The molecule has 0 saturated carbocycles. The van der Waals surface area contributed by atoms with E-state index in [1.165, 1.54) is 44.5 Å². The van der Waals surface area contributed by atoms with Gasteiger partial charge in [0.05, 0.1) is 11.0 Å². The van der Waals surface area contributed by atoms with Gasteiger partial charge in [0.2, 0.25) is 0 Å². The molecule has 2 heteroatoms.